The molecule has 1 fully saturated rings. The van der Waals surface area contributed by atoms with E-state index in [1.165, 1.54) is 25.7 Å². The minimum atomic E-state index is 0.0842. The molecule has 3 nitrogen and oxygen atoms in total. The predicted octanol–water partition coefficient (Wildman–Crippen LogP) is 2.70. The second kappa shape index (κ2) is 6.01. The number of likely N-dealkylation sites (tertiary alicyclic amines) is 1. The van der Waals surface area contributed by atoms with E-state index in [1.807, 2.05) is 12.1 Å². The molecule has 0 amide bonds. The molecule has 0 bridgehead atoms. The highest BCUT2D eigenvalue weighted by Crippen LogP contribution is 2.28. The fourth-order valence-corrected chi connectivity index (χ4v) is 2.67. The minimum Gasteiger partial charge on any atom is -0.329 e. The van der Waals surface area contributed by atoms with E-state index in [2.05, 4.69) is 16.8 Å². The first-order chi connectivity index (χ1) is 8.33. The first-order valence-electron chi connectivity index (χ1n) is 6.74. The van der Waals surface area contributed by atoms with Gasteiger partial charge in [0.15, 0.2) is 0 Å². The summed E-state index contributed by atoms with van der Waals surface area (Å²) < 4.78 is 0. The maximum atomic E-state index is 11.9. The number of aromatic nitrogens is 1. The van der Waals surface area contributed by atoms with Crippen LogP contribution in [-0.4, -0.2) is 23.0 Å². The Hall–Kier alpha value is -1.09. The van der Waals surface area contributed by atoms with Gasteiger partial charge in [-0.05, 0) is 38.4 Å². The number of H-pyrrole nitrogens is 1. The van der Waals surface area contributed by atoms with Crippen LogP contribution in [0.5, 0.6) is 0 Å². The number of hydrogen-bond acceptors (Lipinski definition) is 2. The number of pyridine rings is 1. The molecule has 1 atom stereocenters. The molecule has 1 aliphatic heterocycles. The third-order valence-corrected chi connectivity index (χ3v) is 3.62. The molecule has 1 aromatic heterocycles. The van der Waals surface area contributed by atoms with Crippen LogP contribution in [0.3, 0.4) is 0 Å². The number of nitrogens with one attached hydrogen (secondary N) is 1. The van der Waals surface area contributed by atoms with Crippen molar-refractivity contribution in [2.45, 2.75) is 45.1 Å². The topological polar surface area (TPSA) is 36.1 Å². The molecule has 1 unspecified atom stereocenters. The number of rotatable bonds is 4. The summed E-state index contributed by atoms with van der Waals surface area (Å²) >= 11 is 0. The maximum Gasteiger partial charge on any atom is 0.252 e. The summed E-state index contributed by atoms with van der Waals surface area (Å²) in [6, 6.07) is 4.25. The first kappa shape index (κ1) is 12.4. The van der Waals surface area contributed by atoms with Crippen molar-refractivity contribution in [3.05, 3.63) is 34.2 Å². The molecule has 2 heterocycles. The molecule has 1 saturated heterocycles. The minimum absolute atomic E-state index is 0.0842. The van der Waals surface area contributed by atoms with Crippen LogP contribution in [0.4, 0.5) is 0 Å². The number of piperidine rings is 1. The van der Waals surface area contributed by atoms with Crippen molar-refractivity contribution < 1.29 is 0 Å². The quantitative estimate of drug-likeness (QED) is 0.869. The van der Waals surface area contributed by atoms with Crippen molar-refractivity contribution in [3.8, 4) is 0 Å². The van der Waals surface area contributed by atoms with E-state index in [1.54, 1.807) is 6.20 Å². The standard InChI is InChI=1S/C14H22N2O/c1-2-3-10-16-11-5-4-8-13(16)12-7-6-9-15-14(12)17/h6-7,9,13H,2-5,8,10-11H2,1H3,(H,15,17). The molecule has 1 N–H and O–H groups in total. The lowest BCUT2D eigenvalue weighted by atomic mass is 9.96. The van der Waals surface area contributed by atoms with E-state index in [4.69, 9.17) is 0 Å². The first-order valence-corrected chi connectivity index (χ1v) is 6.74. The molecular weight excluding hydrogens is 212 g/mol. The second-order valence-corrected chi connectivity index (χ2v) is 4.86. The van der Waals surface area contributed by atoms with Crippen molar-refractivity contribution in [1.82, 2.24) is 9.88 Å². The van der Waals surface area contributed by atoms with Gasteiger partial charge in [-0.15, -0.1) is 0 Å². The van der Waals surface area contributed by atoms with Gasteiger partial charge in [-0.25, -0.2) is 0 Å². The second-order valence-electron chi connectivity index (χ2n) is 4.86. The van der Waals surface area contributed by atoms with Gasteiger partial charge >= 0.3 is 0 Å². The summed E-state index contributed by atoms with van der Waals surface area (Å²) in [5.41, 5.74) is 1.03. The van der Waals surface area contributed by atoms with Gasteiger partial charge in [-0.2, -0.15) is 0 Å². The molecule has 1 aromatic rings. The zero-order valence-corrected chi connectivity index (χ0v) is 10.6. The monoisotopic (exact) mass is 234 g/mol. The summed E-state index contributed by atoms with van der Waals surface area (Å²) in [5, 5.41) is 0. The van der Waals surface area contributed by atoms with Gasteiger partial charge in [-0.1, -0.05) is 25.8 Å². The molecule has 94 valence electrons. The van der Waals surface area contributed by atoms with Crippen LogP contribution in [0.2, 0.25) is 0 Å². The van der Waals surface area contributed by atoms with Crippen molar-refractivity contribution in [2.75, 3.05) is 13.1 Å². The van der Waals surface area contributed by atoms with Crippen molar-refractivity contribution >= 4 is 0 Å². The van der Waals surface area contributed by atoms with Crippen LogP contribution in [0.1, 0.15) is 50.6 Å². The van der Waals surface area contributed by atoms with Gasteiger partial charge < -0.3 is 4.98 Å². The Labute approximate surface area is 103 Å². The largest absolute Gasteiger partial charge is 0.329 e. The van der Waals surface area contributed by atoms with E-state index in [-0.39, 0.29) is 5.56 Å². The van der Waals surface area contributed by atoms with Gasteiger partial charge in [0.2, 0.25) is 0 Å². The van der Waals surface area contributed by atoms with Crippen LogP contribution < -0.4 is 5.56 Å². The summed E-state index contributed by atoms with van der Waals surface area (Å²) in [4.78, 5) is 17.1. The molecule has 17 heavy (non-hydrogen) atoms. The Morgan fingerprint density at radius 3 is 3.12 bits per heavy atom. The number of nitrogens with zero attached hydrogens (tertiary/aromatic N) is 1. The molecule has 0 spiro atoms. The normalized spacial score (nSPS) is 21.6. The number of unbranched alkanes of at least 4 members (excludes halogenated alkanes) is 1. The maximum absolute atomic E-state index is 11.9. The van der Waals surface area contributed by atoms with E-state index in [0.29, 0.717) is 6.04 Å². The van der Waals surface area contributed by atoms with Crippen LogP contribution >= 0.6 is 0 Å². The van der Waals surface area contributed by atoms with E-state index >= 15 is 0 Å². The van der Waals surface area contributed by atoms with Crippen LogP contribution in [0, 0.1) is 0 Å². The third-order valence-electron chi connectivity index (χ3n) is 3.62. The fraction of sp³-hybridized carbons (Fsp3) is 0.643. The Morgan fingerprint density at radius 1 is 1.47 bits per heavy atom. The molecule has 3 heteroatoms. The lowest BCUT2D eigenvalue weighted by Crippen LogP contribution is -2.36. The molecule has 0 aliphatic carbocycles. The van der Waals surface area contributed by atoms with Gasteiger partial charge in [0.25, 0.3) is 5.56 Å². The summed E-state index contributed by atoms with van der Waals surface area (Å²) in [7, 11) is 0. The SMILES string of the molecule is CCCCN1CCCCC1c1ccc[nH]c1=O. The summed E-state index contributed by atoms with van der Waals surface area (Å²) in [6.45, 7) is 4.47. The molecule has 0 radical (unpaired) electrons. The highest BCUT2D eigenvalue weighted by Gasteiger charge is 2.24. The van der Waals surface area contributed by atoms with E-state index < -0.39 is 0 Å². The molecular formula is C14H22N2O. The zero-order valence-electron chi connectivity index (χ0n) is 10.6. The summed E-state index contributed by atoms with van der Waals surface area (Å²) in [5.74, 6) is 0. The smallest absolute Gasteiger partial charge is 0.252 e. The third kappa shape index (κ3) is 2.97. The molecule has 0 aromatic carbocycles. The molecule has 2 rings (SSSR count). The van der Waals surface area contributed by atoms with Gasteiger partial charge in [-0.3, -0.25) is 9.69 Å². The molecule has 0 saturated carbocycles. The van der Waals surface area contributed by atoms with E-state index in [9.17, 15) is 4.79 Å². The van der Waals surface area contributed by atoms with Crippen molar-refractivity contribution in [2.24, 2.45) is 0 Å². The highest BCUT2D eigenvalue weighted by atomic mass is 16.1. The lowest BCUT2D eigenvalue weighted by Gasteiger charge is -2.35. The molecule has 1 aliphatic rings. The van der Waals surface area contributed by atoms with Crippen molar-refractivity contribution in [1.29, 1.82) is 0 Å². The van der Waals surface area contributed by atoms with E-state index in [0.717, 1.165) is 25.1 Å². The Bertz CT molecular complexity index is 399. The zero-order chi connectivity index (χ0) is 12.1. The number of aromatic amines is 1. The summed E-state index contributed by atoms with van der Waals surface area (Å²) in [6.07, 6.45) is 7.78. The van der Waals surface area contributed by atoms with Crippen LogP contribution in [-0.2, 0) is 0 Å². The Kier molecular flexibility index (Phi) is 4.37. The van der Waals surface area contributed by atoms with Crippen LogP contribution in [0.25, 0.3) is 0 Å². The lowest BCUT2D eigenvalue weighted by molar-refractivity contribution is 0.145. The fourth-order valence-electron chi connectivity index (χ4n) is 2.67. The van der Waals surface area contributed by atoms with Crippen molar-refractivity contribution in [3.63, 3.8) is 0 Å². The van der Waals surface area contributed by atoms with Crippen LogP contribution in [0.15, 0.2) is 23.1 Å². The predicted molar refractivity (Wildman–Crippen MR) is 70.1 cm³/mol. The number of hydrogen-bond donors (Lipinski definition) is 1. The average Bonchev–Trinajstić information content (AvgIpc) is 2.37. The van der Waals surface area contributed by atoms with Gasteiger partial charge in [0, 0.05) is 17.8 Å². The average molecular weight is 234 g/mol. The van der Waals surface area contributed by atoms with Gasteiger partial charge in [0.05, 0.1) is 0 Å². The highest BCUT2D eigenvalue weighted by molar-refractivity contribution is 5.15. The Balaban J connectivity index is 2.16. The van der Waals surface area contributed by atoms with Gasteiger partial charge in [0.1, 0.15) is 0 Å². The Morgan fingerprint density at radius 2 is 2.35 bits per heavy atom.